The third kappa shape index (κ3) is 3.73. The Morgan fingerprint density at radius 3 is 2.69 bits per heavy atom. The number of aromatic nitrogens is 2. The van der Waals surface area contributed by atoms with Crippen LogP contribution in [-0.4, -0.2) is 33.2 Å². The lowest BCUT2D eigenvalue weighted by molar-refractivity contribution is -0.135. The van der Waals surface area contributed by atoms with Crippen molar-refractivity contribution < 1.29 is 14.0 Å². The number of likely N-dealkylation sites (tertiary alicyclic amines) is 1. The van der Waals surface area contributed by atoms with Gasteiger partial charge in [-0.05, 0) is 43.9 Å². The molecule has 4 rings (SSSR count). The fraction of sp³-hybridized carbons (Fsp3) is 0.455. The minimum absolute atomic E-state index is 0.0380. The Morgan fingerprint density at radius 1 is 1.21 bits per heavy atom. The fourth-order valence-corrected chi connectivity index (χ4v) is 4.18. The molecule has 1 saturated heterocycles. The van der Waals surface area contributed by atoms with Crippen LogP contribution in [0.4, 0.5) is 10.2 Å². The van der Waals surface area contributed by atoms with E-state index in [1.165, 1.54) is 12.1 Å². The van der Waals surface area contributed by atoms with Crippen molar-refractivity contribution in [2.24, 2.45) is 0 Å². The molecule has 2 aliphatic heterocycles. The molecule has 6 nitrogen and oxygen atoms in total. The average molecular weight is 396 g/mol. The van der Waals surface area contributed by atoms with Crippen LogP contribution in [0.3, 0.4) is 0 Å². The highest BCUT2D eigenvalue weighted by Crippen LogP contribution is 2.35. The second-order valence-corrected chi connectivity index (χ2v) is 7.70. The van der Waals surface area contributed by atoms with Crippen LogP contribution in [0.5, 0.6) is 0 Å². The smallest absolute Gasteiger partial charge is 0.233 e. The van der Waals surface area contributed by atoms with Gasteiger partial charge < -0.3 is 4.90 Å². The highest BCUT2D eigenvalue weighted by atomic mass is 19.1. The number of halogens is 1. The normalized spacial score (nSPS) is 18.9. The summed E-state index contributed by atoms with van der Waals surface area (Å²) in [6.07, 6.45) is 3.56. The highest BCUT2D eigenvalue weighted by Gasteiger charge is 2.35. The molecule has 1 atom stereocenters. The van der Waals surface area contributed by atoms with Crippen LogP contribution in [0.15, 0.2) is 24.3 Å². The summed E-state index contributed by atoms with van der Waals surface area (Å²) < 4.78 is 13.2. The first-order chi connectivity index (χ1) is 14.0. The van der Waals surface area contributed by atoms with Gasteiger partial charge in [-0.15, -0.1) is 0 Å². The summed E-state index contributed by atoms with van der Waals surface area (Å²) in [5.41, 5.74) is 2.46. The third-order valence-electron chi connectivity index (χ3n) is 5.77. The monoisotopic (exact) mass is 396 g/mol. The van der Waals surface area contributed by atoms with Crippen LogP contribution >= 0.6 is 0 Å². The maximum Gasteiger partial charge on any atom is 0.233 e. The highest BCUT2D eigenvalue weighted by molar-refractivity contribution is 6.00. The number of nitrogens with zero attached hydrogens (tertiary/aromatic N) is 4. The Kier molecular flexibility index (Phi) is 5.30. The van der Waals surface area contributed by atoms with Gasteiger partial charge in [-0.3, -0.25) is 14.5 Å². The number of benzene rings is 1. The van der Waals surface area contributed by atoms with E-state index in [4.69, 9.17) is 4.98 Å². The number of rotatable bonds is 4. The molecule has 0 bridgehead atoms. The quantitative estimate of drug-likeness (QED) is 0.794. The molecule has 3 heterocycles. The van der Waals surface area contributed by atoms with Gasteiger partial charge in [0.25, 0.3) is 0 Å². The summed E-state index contributed by atoms with van der Waals surface area (Å²) in [6.45, 7) is 4.82. The van der Waals surface area contributed by atoms with Crippen molar-refractivity contribution in [1.82, 2.24) is 14.9 Å². The first-order valence-electron chi connectivity index (χ1n) is 10.2. The van der Waals surface area contributed by atoms with E-state index in [1.807, 2.05) is 18.7 Å². The summed E-state index contributed by atoms with van der Waals surface area (Å²) in [7, 11) is 0. The van der Waals surface area contributed by atoms with Gasteiger partial charge in [0.1, 0.15) is 11.6 Å². The van der Waals surface area contributed by atoms with Crippen molar-refractivity contribution in [3.8, 4) is 0 Å². The molecular formula is C22H25FN4O2. The van der Waals surface area contributed by atoms with Crippen molar-refractivity contribution in [2.75, 3.05) is 11.4 Å². The zero-order valence-corrected chi connectivity index (χ0v) is 16.8. The van der Waals surface area contributed by atoms with Gasteiger partial charge in [0, 0.05) is 24.2 Å². The van der Waals surface area contributed by atoms with Crippen LogP contribution in [0.1, 0.15) is 61.3 Å². The molecule has 0 aliphatic carbocycles. The lowest BCUT2D eigenvalue weighted by atomic mass is 10.0. The maximum atomic E-state index is 13.2. The molecule has 1 aromatic heterocycles. The van der Waals surface area contributed by atoms with Crippen LogP contribution in [-0.2, 0) is 22.6 Å². The van der Waals surface area contributed by atoms with Crippen LogP contribution in [0.25, 0.3) is 0 Å². The van der Waals surface area contributed by atoms with Crippen LogP contribution < -0.4 is 4.90 Å². The second kappa shape index (κ2) is 7.89. The Bertz CT molecular complexity index is 945. The molecule has 0 radical (unpaired) electrons. The molecule has 2 aliphatic rings. The number of carbonyl (C=O) groups is 2. The van der Waals surface area contributed by atoms with E-state index < -0.39 is 0 Å². The van der Waals surface area contributed by atoms with Crippen LogP contribution in [0, 0.1) is 12.7 Å². The van der Waals surface area contributed by atoms with Gasteiger partial charge in [-0.25, -0.2) is 14.4 Å². The Labute approximate surface area is 169 Å². The van der Waals surface area contributed by atoms with E-state index in [1.54, 1.807) is 17.0 Å². The van der Waals surface area contributed by atoms with Gasteiger partial charge in [0.05, 0.1) is 19.0 Å². The lowest BCUT2D eigenvalue weighted by Gasteiger charge is -2.35. The van der Waals surface area contributed by atoms with Gasteiger partial charge in [-0.2, -0.15) is 0 Å². The number of aryl methyl sites for hydroxylation is 1. The first-order valence-corrected chi connectivity index (χ1v) is 10.2. The van der Waals surface area contributed by atoms with Crippen molar-refractivity contribution in [2.45, 2.75) is 58.5 Å². The molecule has 1 aromatic carbocycles. The molecule has 0 spiro atoms. The first kappa shape index (κ1) is 19.5. The molecule has 0 saturated carbocycles. The standard InChI is InChI=1S/C22H25FN4O2/c1-3-19(28)26-11-5-4-6-18(26)21-24-14(2)17-12-20(29)27(22(17)25-21)13-15-7-9-16(23)10-8-15/h7-10,18H,3-6,11-13H2,1-2H3/t18-/m0/s1. The minimum atomic E-state index is -0.305. The molecule has 2 aromatic rings. The molecule has 2 amide bonds. The zero-order valence-electron chi connectivity index (χ0n) is 16.8. The third-order valence-corrected chi connectivity index (χ3v) is 5.77. The maximum absolute atomic E-state index is 13.2. The number of carbonyl (C=O) groups excluding carboxylic acids is 2. The van der Waals surface area contributed by atoms with Crippen LogP contribution in [0.2, 0.25) is 0 Å². The largest absolute Gasteiger partial charge is 0.332 e. The molecule has 152 valence electrons. The Balaban J connectivity index is 1.68. The van der Waals surface area contributed by atoms with Crippen molar-refractivity contribution in [3.63, 3.8) is 0 Å². The van der Waals surface area contributed by atoms with E-state index in [0.717, 1.165) is 42.6 Å². The SMILES string of the molecule is CCC(=O)N1CCCC[C@H]1c1nc(C)c2c(n1)N(Cc1ccc(F)cc1)C(=O)C2. The number of anilines is 1. The van der Waals surface area contributed by atoms with E-state index in [-0.39, 0.29) is 30.1 Å². The van der Waals surface area contributed by atoms with E-state index in [0.29, 0.717) is 24.6 Å². The summed E-state index contributed by atoms with van der Waals surface area (Å²) in [4.78, 5) is 38.1. The van der Waals surface area contributed by atoms with Gasteiger partial charge in [0.2, 0.25) is 11.8 Å². The summed E-state index contributed by atoms with van der Waals surface area (Å²) >= 11 is 0. The average Bonchev–Trinajstić information content (AvgIpc) is 3.05. The number of hydrogen-bond donors (Lipinski definition) is 0. The van der Waals surface area contributed by atoms with E-state index in [9.17, 15) is 14.0 Å². The molecule has 1 fully saturated rings. The molecular weight excluding hydrogens is 371 g/mol. The molecule has 29 heavy (non-hydrogen) atoms. The van der Waals surface area contributed by atoms with Gasteiger partial charge in [-0.1, -0.05) is 19.1 Å². The topological polar surface area (TPSA) is 66.4 Å². The predicted molar refractivity (Wildman–Crippen MR) is 107 cm³/mol. The molecule has 0 N–H and O–H groups in total. The summed E-state index contributed by atoms with van der Waals surface area (Å²) in [6, 6.07) is 5.99. The predicted octanol–water partition coefficient (Wildman–Crippen LogP) is 3.48. The van der Waals surface area contributed by atoms with Crippen molar-refractivity contribution in [1.29, 1.82) is 0 Å². The summed E-state index contributed by atoms with van der Waals surface area (Å²) in [5, 5.41) is 0. The van der Waals surface area contributed by atoms with E-state index >= 15 is 0 Å². The van der Waals surface area contributed by atoms with E-state index in [2.05, 4.69) is 4.98 Å². The van der Waals surface area contributed by atoms with Crippen molar-refractivity contribution in [3.05, 3.63) is 52.7 Å². The second-order valence-electron chi connectivity index (χ2n) is 7.70. The number of amides is 2. The van der Waals surface area contributed by atoms with Gasteiger partial charge >= 0.3 is 0 Å². The summed E-state index contributed by atoms with van der Waals surface area (Å²) in [5.74, 6) is 0.998. The number of fused-ring (bicyclic) bond motifs is 1. The number of piperidine rings is 1. The lowest BCUT2D eigenvalue weighted by Crippen LogP contribution is -2.39. The van der Waals surface area contributed by atoms with Gasteiger partial charge in [0.15, 0.2) is 5.82 Å². The zero-order chi connectivity index (χ0) is 20.5. The number of hydrogen-bond acceptors (Lipinski definition) is 4. The Morgan fingerprint density at radius 2 is 1.97 bits per heavy atom. The minimum Gasteiger partial charge on any atom is -0.332 e. The Hall–Kier alpha value is -2.83. The molecule has 0 unspecified atom stereocenters. The molecule has 7 heteroatoms. The van der Waals surface area contributed by atoms with Crippen molar-refractivity contribution >= 4 is 17.6 Å². The fourth-order valence-electron chi connectivity index (χ4n) is 4.18.